The third-order valence-corrected chi connectivity index (χ3v) is 7.77. The average molecular weight is 544 g/mol. The van der Waals surface area contributed by atoms with E-state index in [1.165, 1.54) is 5.56 Å². The zero-order chi connectivity index (χ0) is 28.6. The molecule has 0 aliphatic heterocycles. The Hall–Kier alpha value is -5.35. The maximum atomic E-state index is 6.58. The summed E-state index contributed by atoms with van der Waals surface area (Å²) in [6.45, 7) is 6.25. The molecule has 2 aromatic heterocycles. The monoisotopic (exact) mass is 543 g/mol. The molecule has 0 amide bonds. The van der Waals surface area contributed by atoms with Crippen molar-refractivity contribution in [1.82, 2.24) is 15.0 Å². The molecule has 7 rings (SSSR count). The van der Waals surface area contributed by atoms with Gasteiger partial charge in [0.15, 0.2) is 17.5 Å². The molecule has 0 saturated carbocycles. The van der Waals surface area contributed by atoms with Crippen molar-refractivity contribution in [2.24, 2.45) is 0 Å². The summed E-state index contributed by atoms with van der Waals surface area (Å²) in [4.78, 5) is 15.3. The number of fused-ring (bicyclic) bond motifs is 3. The maximum absolute atomic E-state index is 6.58. The molecular formula is C38H29N3O. The van der Waals surface area contributed by atoms with Gasteiger partial charge in [0.05, 0.1) is 5.56 Å². The third-order valence-electron chi connectivity index (χ3n) is 7.77. The van der Waals surface area contributed by atoms with Gasteiger partial charge in [0, 0.05) is 21.9 Å². The van der Waals surface area contributed by atoms with Gasteiger partial charge >= 0.3 is 0 Å². The van der Waals surface area contributed by atoms with Crippen molar-refractivity contribution in [3.8, 4) is 33.9 Å². The smallest absolute Gasteiger partial charge is 0.168 e. The Morgan fingerprint density at radius 2 is 1.33 bits per heavy atom. The summed E-state index contributed by atoms with van der Waals surface area (Å²) < 4.78 is 6.58. The minimum atomic E-state index is 0.576. The van der Waals surface area contributed by atoms with Crippen molar-refractivity contribution in [3.63, 3.8) is 0 Å². The Balaban J connectivity index is 1.57. The average Bonchev–Trinajstić information content (AvgIpc) is 3.41. The van der Waals surface area contributed by atoms with Crippen LogP contribution in [0, 0.1) is 13.8 Å². The summed E-state index contributed by atoms with van der Waals surface area (Å²) in [5.41, 5.74) is 9.89. The van der Waals surface area contributed by atoms with Crippen molar-refractivity contribution >= 4 is 27.5 Å². The minimum Gasteiger partial charge on any atom is -0.455 e. The van der Waals surface area contributed by atoms with Gasteiger partial charge in [-0.1, -0.05) is 115 Å². The fourth-order valence-electron chi connectivity index (χ4n) is 5.59. The first-order chi connectivity index (χ1) is 20.6. The zero-order valence-corrected chi connectivity index (χ0v) is 23.8. The summed E-state index contributed by atoms with van der Waals surface area (Å²) >= 11 is 0. The number of nitrogens with zero attached hydrogens (tertiary/aromatic N) is 3. The normalized spacial score (nSPS) is 11.8. The molecule has 4 heteroatoms. The first-order valence-corrected chi connectivity index (χ1v) is 14.2. The minimum absolute atomic E-state index is 0.576. The van der Waals surface area contributed by atoms with Crippen LogP contribution >= 0.6 is 0 Å². The van der Waals surface area contributed by atoms with Crippen LogP contribution < -0.4 is 0 Å². The fourth-order valence-corrected chi connectivity index (χ4v) is 5.59. The van der Waals surface area contributed by atoms with E-state index in [0.29, 0.717) is 17.5 Å². The number of allylic oxidation sites excluding steroid dienone is 1. The van der Waals surface area contributed by atoms with E-state index < -0.39 is 0 Å². The van der Waals surface area contributed by atoms with Gasteiger partial charge in [-0.15, -0.1) is 0 Å². The summed E-state index contributed by atoms with van der Waals surface area (Å²) in [5, 5.41) is 2.10. The molecule has 0 saturated heterocycles. The topological polar surface area (TPSA) is 51.8 Å². The lowest BCUT2D eigenvalue weighted by Crippen LogP contribution is -2.05. The predicted molar refractivity (Wildman–Crippen MR) is 172 cm³/mol. The Morgan fingerprint density at radius 1 is 0.619 bits per heavy atom. The second kappa shape index (κ2) is 10.6. The van der Waals surface area contributed by atoms with Crippen molar-refractivity contribution in [3.05, 3.63) is 144 Å². The van der Waals surface area contributed by atoms with E-state index in [-0.39, 0.29) is 0 Å². The lowest BCUT2D eigenvalue weighted by molar-refractivity contribution is 0.669. The number of rotatable bonds is 5. The standard InChI is InChI=1S/C38H29N3O/c1-4-28(29-15-9-8-12-25(29)3)37-39-36(27-13-6-5-7-14-27)40-38(41-37)34-30(26-20-18-24(2)19-21-26)22-23-32-31-16-10-11-17-33(31)42-35(32)34/h4-23H,1-3H3/b28-4+. The van der Waals surface area contributed by atoms with E-state index in [2.05, 4.69) is 86.7 Å². The molecule has 0 aliphatic carbocycles. The first-order valence-electron chi connectivity index (χ1n) is 14.2. The molecule has 0 aliphatic rings. The molecule has 42 heavy (non-hydrogen) atoms. The van der Waals surface area contributed by atoms with E-state index in [9.17, 15) is 0 Å². The number of para-hydroxylation sites is 1. The molecule has 2 heterocycles. The van der Waals surface area contributed by atoms with Crippen LogP contribution in [0.2, 0.25) is 0 Å². The number of benzene rings is 5. The van der Waals surface area contributed by atoms with Crippen LogP contribution in [-0.4, -0.2) is 15.0 Å². The lowest BCUT2D eigenvalue weighted by atomic mass is 9.95. The molecule has 0 bridgehead atoms. The predicted octanol–water partition coefficient (Wildman–Crippen LogP) is 9.84. The van der Waals surface area contributed by atoms with Crippen LogP contribution in [-0.2, 0) is 0 Å². The highest BCUT2D eigenvalue weighted by Gasteiger charge is 2.22. The summed E-state index contributed by atoms with van der Waals surface area (Å²) in [6.07, 6.45) is 2.08. The van der Waals surface area contributed by atoms with Crippen molar-refractivity contribution < 1.29 is 4.42 Å². The molecular weight excluding hydrogens is 514 g/mol. The molecule has 0 N–H and O–H groups in total. The van der Waals surface area contributed by atoms with Gasteiger partial charge < -0.3 is 4.42 Å². The van der Waals surface area contributed by atoms with Gasteiger partial charge in [-0.25, -0.2) is 15.0 Å². The molecule has 4 nitrogen and oxygen atoms in total. The van der Waals surface area contributed by atoms with Crippen molar-refractivity contribution in [2.75, 3.05) is 0 Å². The van der Waals surface area contributed by atoms with Crippen molar-refractivity contribution in [1.29, 1.82) is 0 Å². The number of hydrogen-bond donors (Lipinski definition) is 0. The van der Waals surface area contributed by atoms with Gasteiger partial charge in [-0.05, 0) is 55.2 Å². The van der Waals surface area contributed by atoms with E-state index in [4.69, 9.17) is 19.4 Å². The largest absolute Gasteiger partial charge is 0.455 e. The van der Waals surface area contributed by atoms with E-state index in [0.717, 1.165) is 60.9 Å². The van der Waals surface area contributed by atoms with Gasteiger partial charge in [-0.2, -0.15) is 0 Å². The van der Waals surface area contributed by atoms with Gasteiger partial charge in [0.2, 0.25) is 0 Å². The SMILES string of the molecule is C/C=C(/c1nc(-c2ccccc2)nc(-c2c(-c3ccc(C)cc3)ccc3c2oc2ccccc23)n1)c1ccccc1C. The van der Waals surface area contributed by atoms with E-state index in [1.807, 2.05) is 55.5 Å². The fraction of sp³-hybridized carbons (Fsp3) is 0.0789. The molecule has 0 spiro atoms. The lowest BCUT2D eigenvalue weighted by Gasteiger charge is -2.15. The Bertz CT molecular complexity index is 2110. The number of hydrogen-bond acceptors (Lipinski definition) is 4. The highest BCUT2D eigenvalue weighted by Crippen LogP contribution is 2.41. The molecule has 5 aromatic carbocycles. The van der Waals surface area contributed by atoms with Gasteiger partial charge in [-0.3, -0.25) is 0 Å². The van der Waals surface area contributed by atoms with E-state index >= 15 is 0 Å². The Labute approximate surface area is 245 Å². The number of aryl methyl sites for hydroxylation is 2. The Morgan fingerprint density at radius 3 is 2.12 bits per heavy atom. The maximum Gasteiger partial charge on any atom is 0.168 e. The summed E-state index contributed by atoms with van der Waals surface area (Å²) in [7, 11) is 0. The Kier molecular flexibility index (Phi) is 6.44. The number of furan rings is 1. The van der Waals surface area contributed by atoms with Crippen molar-refractivity contribution in [2.45, 2.75) is 20.8 Å². The molecule has 202 valence electrons. The third kappa shape index (κ3) is 4.47. The number of aromatic nitrogens is 3. The molecule has 0 radical (unpaired) electrons. The van der Waals surface area contributed by atoms with Crippen LogP contribution in [0.15, 0.2) is 126 Å². The van der Waals surface area contributed by atoms with E-state index in [1.54, 1.807) is 0 Å². The molecule has 0 atom stereocenters. The molecule has 7 aromatic rings. The van der Waals surface area contributed by atoms with Crippen LogP contribution in [0.5, 0.6) is 0 Å². The van der Waals surface area contributed by atoms with Crippen LogP contribution in [0.25, 0.3) is 61.4 Å². The molecule has 0 fully saturated rings. The van der Waals surface area contributed by atoms with Gasteiger partial charge in [0.1, 0.15) is 11.2 Å². The van der Waals surface area contributed by atoms with Crippen LogP contribution in [0.4, 0.5) is 0 Å². The van der Waals surface area contributed by atoms with Gasteiger partial charge in [0.25, 0.3) is 0 Å². The quantitative estimate of drug-likeness (QED) is 0.217. The second-order valence-electron chi connectivity index (χ2n) is 10.5. The van der Waals surface area contributed by atoms with Crippen LogP contribution in [0.3, 0.4) is 0 Å². The summed E-state index contributed by atoms with van der Waals surface area (Å²) in [6, 6.07) is 39.4. The highest BCUT2D eigenvalue weighted by atomic mass is 16.3. The second-order valence-corrected chi connectivity index (χ2v) is 10.5. The van der Waals surface area contributed by atoms with Crippen LogP contribution in [0.1, 0.15) is 29.4 Å². The first kappa shape index (κ1) is 25.6. The molecule has 0 unspecified atom stereocenters. The highest BCUT2D eigenvalue weighted by molar-refractivity contribution is 6.12. The summed E-state index contributed by atoms with van der Waals surface area (Å²) in [5.74, 6) is 1.82. The zero-order valence-electron chi connectivity index (χ0n) is 23.8.